The Balaban J connectivity index is 2.29. The Morgan fingerprint density at radius 1 is 1.40 bits per heavy atom. The summed E-state index contributed by atoms with van der Waals surface area (Å²) in [6.07, 6.45) is 0. The number of halogens is 1. The number of carbonyl (C=O) groups is 2. The van der Waals surface area contributed by atoms with E-state index in [1.165, 1.54) is 22.9 Å². The van der Waals surface area contributed by atoms with Gasteiger partial charge in [-0.1, -0.05) is 19.9 Å². The van der Waals surface area contributed by atoms with Crippen LogP contribution in [-0.4, -0.2) is 49.0 Å². The van der Waals surface area contributed by atoms with Gasteiger partial charge in [0, 0.05) is 5.92 Å². The van der Waals surface area contributed by atoms with E-state index >= 15 is 0 Å². The van der Waals surface area contributed by atoms with E-state index in [4.69, 9.17) is 5.11 Å². The molecule has 134 valence electrons. The lowest BCUT2D eigenvalue weighted by Gasteiger charge is -2.17. The Labute approximate surface area is 143 Å². The normalized spacial score (nSPS) is 13.5. The van der Waals surface area contributed by atoms with Gasteiger partial charge in [-0.2, -0.15) is 0 Å². The summed E-state index contributed by atoms with van der Waals surface area (Å²) in [7, 11) is 0. The number of carboxylic acids is 1. The first-order valence-electron chi connectivity index (χ1n) is 7.58. The van der Waals surface area contributed by atoms with Gasteiger partial charge in [-0.05, 0) is 25.1 Å². The average Bonchev–Trinajstić information content (AvgIpc) is 2.98. The van der Waals surface area contributed by atoms with Gasteiger partial charge in [0.1, 0.15) is 11.6 Å². The fourth-order valence-electron chi connectivity index (χ4n) is 2.00. The summed E-state index contributed by atoms with van der Waals surface area (Å²) < 4.78 is 14.8. The van der Waals surface area contributed by atoms with Crippen LogP contribution in [0.5, 0.6) is 0 Å². The number of aliphatic carboxylic acids is 1. The largest absolute Gasteiger partial charge is 0.479 e. The van der Waals surface area contributed by atoms with Crippen molar-refractivity contribution in [2.24, 2.45) is 0 Å². The van der Waals surface area contributed by atoms with Crippen LogP contribution in [0.15, 0.2) is 24.3 Å². The highest BCUT2D eigenvalue weighted by atomic mass is 19.1. The Morgan fingerprint density at radius 3 is 2.64 bits per heavy atom. The van der Waals surface area contributed by atoms with E-state index in [-0.39, 0.29) is 11.7 Å². The van der Waals surface area contributed by atoms with Gasteiger partial charge in [-0.3, -0.25) is 4.79 Å². The van der Waals surface area contributed by atoms with E-state index in [1.54, 1.807) is 6.07 Å². The van der Waals surface area contributed by atoms with Crippen LogP contribution in [0.4, 0.5) is 4.39 Å². The average molecular weight is 350 g/mol. The van der Waals surface area contributed by atoms with Gasteiger partial charge in [-0.15, -0.1) is 5.10 Å². The van der Waals surface area contributed by atoms with Crippen molar-refractivity contribution in [3.63, 3.8) is 0 Å². The van der Waals surface area contributed by atoms with Crippen LogP contribution in [0.1, 0.15) is 43.1 Å². The molecule has 2 rings (SSSR count). The van der Waals surface area contributed by atoms with Crippen molar-refractivity contribution in [2.75, 3.05) is 6.54 Å². The molecule has 1 amide bonds. The van der Waals surface area contributed by atoms with Crippen LogP contribution >= 0.6 is 0 Å². The molecule has 0 bridgehead atoms. The highest BCUT2D eigenvalue weighted by Gasteiger charge is 2.31. The molecule has 8 nitrogen and oxygen atoms in total. The van der Waals surface area contributed by atoms with Crippen molar-refractivity contribution in [3.05, 3.63) is 41.7 Å². The fourth-order valence-corrected chi connectivity index (χ4v) is 2.00. The Morgan fingerprint density at radius 2 is 2.08 bits per heavy atom. The first-order valence-corrected chi connectivity index (χ1v) is 7.58. The molecule has 0 saturated heterocycles. The van der Waals surface area contributed by atoms with Crippen LogP contribution in [0.3, 0.4) is 0 Å². The molecule has 0 saturated carbocycles. The van der Waals surface area contributed by atoms with E-state index in [0.29, 0.717) is 11.5 Å². The molecule has 9 heteroatoms. The lowest BCUT2D eigenvalue weighted by Crippen LogP contribution is -2.46. The number of nitrogens with zero attached hydrogens (tertiary/aromatic N) is 3. The van der Waals surface area contributed by atoms with E-state index in [1.807, 2.05) is 13.8 Å². The molecule has 25 heavy (non-hydrogen) atoms. The van der Waals surface area contributed by atoms with E-state index in [2.05, 4.69) is 15.4 Å². The van der Waals surface area contributed by atoms with Gasteiger partial charge in [0.25, 0.3) is 5.91 Å². The van der Waals surface area contributed by atoms with E-state index < -0.39 is 29.8 Å². The van der Waals surface area contributed by atoms with Gasteiger partial charge >= 0.3 is 5.97 Å². The van der Waals surface area contributed by atoms with Gasteiger partial charge in [0.15, 0.2) is 5.60 Å². The zero-order valence-corrected chi connectivity index (χ0v) is 14.0. The number of nitrogens with one attached hydrogen (secondary N) is 1. The van der Waals surface area contributed by atoms with Gasteiger partial charge in [-0.25, -0.2) is 18.9 Å². The van der Waals surface area contributed by atoms with E-state index in [0.717, 1.165) is 6.92 Å². The summed E-state index contributed by atoms with van der Waals surface area (Å²) >= 11 is 0. The number of hydrogen-bond acceptors (Lipinski definition) is 5. The number of benzene rings is 1. The first kappa shape index (κ1) is 18.5. The molecule has 3 N–H and O–H groups in total. The maximum atomic E-state index is 13.5. The summed E-state index contributed by atoms with van der Waals surface area (Å²) in [6.45, 7) is 4.24. The molecule has 0 aliphatic rings. The summed E-state index contributed by atoms with van der Waals surface area (Å²) in [6, 6.07) is 5.69. The SMILES string of the molecule is CC(C)c1nc(C(=O)NCC(C)(O)C(=O)O)nn1-c1cccc(F)c1. The minimum atomic E-state index is -2.11. The predicted octanol–water partition coefficient (Wildman–Crippen LogP) is 1.10. The van der Waals surface area contributed by atoms with Crippen LogP contribution in [0.2, 0.25) is 0 Å². The maximum Gasteiger partial charge on any atom is 0.337 e. The molecule has 1 atom stereocenters. The van der Waals surface area contributed by atoms with Gasteiger partial charge < -0.3 is 15.5 Å². The minimum absolute atomic E-state index is 0.0977. The van der Waals surface area contributed by atoms with Crippen LogP contribution in [0.25, 0.3) is 5.69 Å². The third-order valence-corrected chi connectivity index (χ3v) is 3.46. The number of carbonyl (C=O) groups excluding carboxylic acids is 1. The monoisotopic (exact) mass is 350 g/mol. The summed E-state index contributed by atoms with van der Waals surface area (Å²) in [5, 5.41) is 24.9. The molecular weight excluding hydrogens is 331 g/mol. The molecule has 1 unspecified atom stereocenters. The lowest BCUT2D eigenvalue weighted by atomic mass is 10.1. The predicted molar refractivity (Wildman–Crippen MR) is 86.0 cm³/mol. The van der Waals surface area contributed by atoms with Crippen molar-refractivity contribution < 1.29 is 24.2 Å². The van der Waals surface area contributed by atoms with Crippen LogP contribution in [0, 0.1) is 5.82 Å². The molecule has 2 aromatic rings. The smallest absolute Gasteiger partial charge is 0.337 e. The second kappa shape index (κ2) is 6.98. The molecule has 1 heterocycles. The number of aliphatic hydroxyl groups is 1. The number of amides is 1. The molecular formula is C16H19FN4O4. The summed E-state index contributed by atoms with van der Waals surface area (Å²) in [5.74, 6) is -2.51. The molecule has 0 radical (unpaired) electrons. The lowest BCUT2D eigenvalue weighted by molar-refractivity contribution is -0.155. The second-order valence-electron chi connectivity index (χ2n) is 6.10. The van der Waals surface area contributed by atoms with Crippen LogP contribution in [-0.2, 0) is 4.79 Å². The van der Waals surface area contributed by atoms with Crippen molar-refractivity contribution in [1.82, 2.24) is 20.1 Å². The Kier molecular flexibility index (Phi) is 5.17. The minimum Gasteiger partial charge on any atom is -0.479 e. The highest BCUT2D eigenvalue weighted by Crippen LogP contribution is 2.18. The first-order chi connectivity index (χ1) is 11.6. The quantitative estimate of drug-likeness (QED) is 0.718. The number of rotatable bonds is 6. The third kappa shape index (κ3) is 4.18. The maximum absolute atomic E-state index is 13.5. The molecule has 0 spiro atoms. The zero-order chi connectivity index (χ0) is 18.8. The molecule has 0 aliphatic carbocycles. The van der Waals surface area contributed by atoms with Crippen molar-refractivity contribution in [2.45, 2.75) is 32.3 Å². The van der Waals surface area contributed by atoms with Crippen molar-refractivity contribution in [3.8, 4) is 5.69 Å². The Hall–Kier alpha value is -2.81. The third-order valence-electron chi connectivity index (χ3n) is 3.46. The number of carboxylic acid groups (broad SMARTS) is 1. The van der Waals surface area contributed by atoms with Gasteiger partial charge in [0.05, 0.1) is 12.2 Å². The molecule has 1 aromatic carbocycles. The number of hydrogen-bond donors (Lipinski definition) is 3. The molecule has 1 aromatic heterocycles. The molecule has 0 aliphatic heterocycles. The fraction of sp³-hybridized carbons (Fsp3) is 0.375. The summed E-state index contributed by atoms with van der Waals surface area (Å²) in [5.41, 5.74) is -1.70. The Bertz CT molecular complexity index is 801. The standard InChI is InChI=1S/C16H19FN4O4/c1-9(2)13-19-12(14(22)18-8-16(3,25)15(23)24)20-21(13)11-6-4-5-10(17)7-11/h4-7,9,25H,8H2,1-3H3,(H,18,22)(H,23,24). The van der Waals surface area contributed by atoms with Crippen molar-refractivity contribution in [1.29, 1.82) is 0 Å². The topological polar surface area (TPSA) is 117 Å². The zero-order valence-electron chi connectivity index (χ0n) is 14.0. The molecule has 0 fully saturated rings. The van der Waals surface area contributed by atoms with E-state index in [9.17, 15) is 19.1 Å². The second-order valence-corrected chi connectivity index (χ2v) is 6.10. The van der Waals surface area contributed by atoms with Crippen LogP contribution < -0.4 is 5.32 Å². The number of aromatic nitrogens is 3. The summed E-state index contributed by atoms with van der Waals surface area (Å²) in [4.78, 5) is 27.2. The van der Waals surface area contributed by atoms with Crippen molar-refractivity contribution >= 4 is 11.9 Å². The van der Waals surface area contributed by atoms with Gasteiger partial charge in [0.2, 0.25) is 5.82 Å². The highest BCUT2D eigenvalue weighted by molar-refractivity contribution is 5.91.